The van der Waals surface area contributed by atoms with Crippen LogP contribution in [-0.4, -0.2) is 69.4 Å². The molecule has 1 atom stereocenters. The summed E-state index contributed by atoms with van der Waals surface area (Å²) in [6, 6.07) is 2.01. The number of carbonyl (C=O) groups is 1. The van der Waals surface area contributed by atoms with E-state index in [1.54, 1.807) is 11.2 Å². The summed E-state index contributed by atoms with van der Waals surface area (Å²) < 4.78 is 32.7. The second-order valence-corrected chi connectivity index (χ2v) is 15.4. The van der Waals surface area contributed by atoms with Crippen LogP contribution >= 0.6 is 11.6 Å². The molecule has 3 saturated heterocycles. The van der Waals surface area contributed by atoms with E-state index in [2.05, 4.69) is 27.7 Å². The minimum absolute atomic E-state index is 0.108. The number of aromatic nitrogens is 3. The van der Waals surface area contributed by atoms with E-state index < -0.39 is 23.9 Å². The number of piperidine rings is 1. The number of aryl methyl sites for hydroxylation is 1. The lowest BCUT2D eigenvalue weighted by Crippen LogP contribution is -2.41. The van der Waals surface area contributed by atoms with Crippen molar-refractivity contribution in [1.82, 2.24) is 19.7 Å². The van der Waals surface area contributed by atoms with Crippen molar-refractivity contribution >= 4 is 41.2 Å². The number of halogens is 1. The molecular weight excluding hydrogens is 607 g/mol. The van der Waals surface area contributed by atoms with Crippen molar-refractivity contribution in [3.05, 3.63) is 40.7 Å². The first-order valence-electron chi connectivity index (χ1n) is 16.8. The van der Waals surface area contributed by atoms with Crippen LogP contribution in [0.3, 0.4) is 0 Å². The van der Waals surface area contributed by atoms with Gasteiger partial charge in [-0.3, -0.25) is 0 Å². The molecular formula is C34H48BClN4O6. The van der Waals surface area contributed by atoms with Gasteiger partial charge in [-0.05, 0) is 111 Å². The van der Waals surface area contributed by atoms with Crippen molar-refractivity contribution in [3.63, 3.8) is 0 Å². The quantitative estimate of drug-likeness (QED) is 0.252. The van der Waals surface area contributed by atoms with E-state index in [1.807, 2.05) is 37.7 Å². The first kappa shape index (κ1) is 33.3. The molecule has 250 valence electrons. The molecule has 2 aromatic heterocycles. The zero-order chi connectivity index (χ0) is 32.9. The van der Waals surface area contributed by atoms with Gasteiger partial charge in [-0.2, -0.15) is 5.10 Å². The zero-order valence-electron chi connectivity index (χ0n) is 28.4. The Morgan fingerprint density at radius 1 is 1.09 bits per heavy atom. The molecule has 1 unspecified atom stereocenters. The van der Waals surface area contributed by atoms with E-state index in [-0.39, 0.29) is 18.2 Å². The summed E-state index contributed by atoms with van der Waals surface area (Å²) in [7, 11) is -0.578. The lowest BCUT2D eigenvalue weighted by Gasteiger charge is -2.32. The summed E-state index contributed by atoms with van der Waals surface area (Å²) in [5.41, 5.74) is 2.33. The Hall–Kier alpha value is -2.60. The van der Waals surface area contributed by atoms with Crippen molar-refractivity contribution in [2.75, 3.05) is 19.7 Å². The van der Waals surface area contributed by atoms with Crippen molar-refractivity contribution in [3.8, 4) is 0 Å². The Bertz CT molecular complexity index is 1530. The van der Waals surface area contributed by atoms with E-state index in [0.717, 1.165) is 72.8 Å². The number of hydrogen-bond acceptors (Lipinski definition) is 8. The third-order valence-corrected chi connectivity index (χ3v) is 10.2. The largest absolute Gasteiger partial charge is 0.495 e. The van der Waals surface area contributed by atoms with Crippen LogP contribution < -0.4 is 5.46 Å². The zero-order valence-corrected chi connectivity index (χ0v) is 29.1. The standard InChI is InChI=1S/C34H48BClN4O6/c1-32(2,3)44-31(41)39-16-14-22(15-17-39)26-21-43-28(38-26)12-10-11-23-25(36)19-27-24(20-37-40(27)29-13-8-9-18-42-29)30(23)35-45-33(4,5)34(6,7)46-35/h19-22,29H,8-18H2,1-7H3. The molecule has 0 spiro atoms. The predicted molar refractivity (Wildman–Crippen MR) is 178 cm³/mol. The van der Waals surface area contributed by atoms with Crippen LogP contribution in [0, 0.1) is 0 Å². The topological polar surface area (TPSA) is 101 Å². The van der Waals surface area contributed by atoms with Gasteiger partial charge in [-0.15, -0.1) is 0 Å². The van der Waals surface area contributed by atoms with Gasteiger partial charge in [0, 0.05) is 42.4 Å². The number of nitrogens with zero attached hydrogens (tertiary/aromatic N) is 4. The predicted octanol–water partition coefficient (Wildman–Crippen LogP) is 6.97. The number of ether oxygens (including phenoxy) is 2. The van der Waals surface area contributed by atoms with Gasteiger partial charge in [0.05, 0.1) is 28.6 Å². The number of amides is 1. The highest BCUT2D eigenvalue weighted by Gasteiger charge is 2.53. The van der Waals surface area contributed by atoms with Crippen LogP contribution in [-0.2, 0) is 31.6 Å². The smallest absolute Gasteiger partial charge is 0.449 e. The van der Waals surface area contributed by atoms with E-state index in [1.165, 1.54) is 0 Å². The highest BCUT2D eigenvalue weighted by molar-refractivity contribution is 6.66. The third kappa shape index (κ3) is 6.84. The summed E-state index contributed by atoms with van der Waals surface area (Å²) >= 11 is 7.08. The number of hydrogen-bond donors (Lipinski definition) is 0. The maximum absolute atomic E-state index is 12.5. The van der Waals surface area contributed by atoms with Gasteiger partial charge < -0.3 is 28.1 Å². The fraction of sp³-hybridized carbons (Fsp3) is 0.676. The van der Waals surface area contributed by atoms with E-state index in [4.69, 9.17) is 44.9 Å². The summed E-state index contributed by atoms with van der Waals surface area (Å²) in [5.74, 6) is 0.967. The highest BCUT2D eigenvalue weighted by atomic mass is 35.5. The van der Waals surface area contributed by atoms with Gasteiger partial charge in [0.2, 0.25) is 0 Å². The number of likely N-dealkylation sites (tertiary alicyclic amines) is 1. The second-order valence-electron chi connectivity index (χ2n) is 14.9. The minimum Gasteiger partial charge on any atom is -0.449 e. The van der Waals surface area contributed by atoms with Crippen molar-refractivity contribution in [1.29, 1.82) is 0 Å². The third-order valence-electron chi connectivity index (χ3n) is 9.87. The highest BCUT2D eigenvalue weighted by Crippen LogP contribution is 2.39. The van der Waals surface area contributed by atoms with Gasteiger partial charge in [0.15, 0.2) is 12.1 Å². The summed E-state index contributed by atoms with van der Waals surface area (Å²) in [5, 5.41) is 6.42. The molecule has 0 saturated carbocycles. The van der Waals surface area contributed by atoms with E-state index in [0.29, 0.717) is 36.8 Å². The molecule has 3 aliphatic rings. The molecule has 6 rings (SSSR count). The molecule has 1 amide bonds. The Labute approximate surface area is 277 Å². The number of carbonyl (C=O) groups excluding carboxylic acids is 1. The molecule has 12 heteroatoms. The summed E-state index contributed by atoms with van der Waals surface area (Å²) in [6.07, 6.45) is 10.2. The van der Waals surface area contributed by atoms with Crippen LogP contribution in [0.5, 0.6) is 0 Å². The molecule has 46 heavy (non-hydrogen) atoms. The normalized spacial score (nSPS) is 22.1. The first-order chi connectivity index (χ1) is 21.7. The van der Waals surface area contributed by atoms with Crippen LogP contribution in [0.2, 0.25) is 5.02 Å². The Morgan fingerprint density at radius 3 is 2.46 bits per heavy atom. The molecule has 0 radical (unpaired) electrons. The minimum atomic E-state index is -0.578. The summed E-state index contributed by atoms with van der Waals surface area (Å²) in [4.78, 5) is 19.1. The molecule has 3 aromatic rings. The second kappa shape index (κ2) is 12.8. The maximum Gasteiger partial charge on any atom is 0.495 e. The number of benzene rings is 1. The maximum atomic E-state index is 12.5. The van der Waals surface area contributed by atoms with Gasteiger partial charge in [0.25, 0.3) is 0 Å². The monoisotopic (exact) mass is 654 g/mol. The molecule has 10 nitrogen and oxygen atoms in total. The SMILES string of the molecule is CC(C)(C)OC(=O)N1CCC(c2coc(CCCc3c(Cl)cc4c(cnn4C4CCCCO4)c3B3OC(C)(C)C(C)(C)O3)n2)CC1. The first-order valence-corrected chi connectivity index (χ1v) is 17.2. The lowest BCUT2D eigenvalue weighted by atomic mass is 9.73. The van der Waals surface area contributed by atoms with Crippen molar-refractivity contribution in [2.24, 2.45) is 0 Å². The fourth-order valence-electron chi connectivity index (χ4n) is 6.58. The number of fused-ring (bicyclic) bond motifs is 1. The van der Waals surface area contributed by atoms with Crippen LogP contribution in [0.25, 0.3) is 10.9 Å². The van der Waals surface area contributed by atoms with Gasteiger partial charge in [-0.1, -0.05) is 11.6 Å². The Morgan fingerprint density at radius 2 is 1.80 bits per heavy atom. The van der Waals surface area contributed by atoms with Crippen LogP contribution in [0.4, 0.5) is 4.79 Å². The van der Waals surface area contributed by atoms with Crippen LogP contribution in [0.15, 0.2) is 22.9 Å². The average Bonchev–Trinajstić information content (AvgIpc) is 3.68. The summed E-state index contributed by atoms with van der Waals surface area (Å²) in [6.45, 7) is 16.0. The molecule has 0 N–H and O–H groups in total. The number of oxazole rings is 1. The van der Waals surface area contributed by atoms with Gasteiger partial charge in [0.1, 0.15) is 11.9 Å². The van der Waals surface area contributed by atoms with E-state index >= 15 is 0 Å². The molecule has 0 bridgehead atoms. The van der Waals surface area contributed by atoms with E-state index in [9.17, 15) is 4.79 Å². The Kier molecular flexibility index (Phi) is 9.26. The fourth-order valence-corrected chi connectivity index (χ4v) is 6.88. The average molecular weight is 655 g/mol. The molecule has 3 aliphatic heterocycles. The Balaban J connectivity index is 1.17. The van der Waals surface area contributed by atoms with Gasteiger partial charge in [-0.25, -0.2) is 14.5 Å². The van der Waals surface area contributed by atoms with Gasteiger partial charge >= 0.3 is 13.2 Å². The molecule has 0 aliphatic carbocycles. The molecule has 1 aromatic carbocycles. The molecule has 3 fully saturated rings. The van der Waals surface area contributed by atoms with Crippen LogP contribution in [0.1, 0.15) is 116 Å². The number of rotatable bonds is 7. The van der Waals surface area contributed by atoms with Crippen molar-refractivity contribution in [2.45, 2.75) is 129 Å². The van der Waals surface area contributed by atoms with Crippen molar-refractivity contribution < 1.29 is 28.0 Å². The lowest BCUT2D eigenvalue weighted by molar-refractivity contribution is -0.0366. The molecule has 5 heterocycles.